The number of rotatable bonds is 0. The Kier molecular flexibility index (Phi) is 2.69. The van der Waals surface area contributed by atoms with Crippen LogP contribution in [0.15, 0.2) is 12.1 Å². The molecule has 0 saturated heterocycles. The highest BCUT2D eigenvalue weighted by Gasteiger charge is 2.34. The van der Waals surface area contributed by atoms with Gasteiger partial charge in [0.2, 0.25) is 0 Å². The summed E-state index contributed by atoms with van der Waals surface area (Å²) in [5.74, 6) is -0.836. The largest absolute Gasteiger partial charge is 0.417 e. The molecule has 1 aromatic carbocycles. The lowest BCUT2D eigenvalue weighted by Crippen LogP contribution is -2.10. The fourth-order valence-corrected chi connectivity index (χ4v) is 1.53. The molecule has 0 saturated carbocycles. The molecule has 0 amide bonds. The number of nitrogens with two attached hydrogens (primary N) is 1. The van der Waals surface area contributed by atoms with E-state index in [0.29, 0.717) is 12.1 Å². The van der Waals surface area contributed by atoms with E-state index in [1.807, 2.05) is 0 Å². The number of anilines is 1. The van der Waals surface area contributed by atoms with Gasteiger partial charge in [0, 0.05) is 0 Å². The van der Waals surface area contributed by atoms with Crippen molar-refractivity contribution in [1.82, 2.24) is 0 Å². The number of benzene rings is 1. The van der Waals surface area contributed by atoms with Gasteiger partial charge in [-0.3, -0.25) is 0 Å². The predicted octanol–water partition coefficient (Wildman–Crippen LogP) is 3.03. The number of alkyl halides is 3. The van der Waals surface area contributed by atoms with E-state index in [0.717, 1.165) is 0 Å². The van der Waals surface area contributed by atoms with E-state index in [2.05, 4.69) is 0 Å². The molecule has 1 aromatic rings. The minimum Gasteiger partial charge on any atom is -0.395 e. The Balaban J connectivity index is 3.35. The molecule has 0 heterocycles. The van der Waals surface area contributed by atoms with Crippen LogP contribution in [-0.2, 0) is 6.18 Å². The normalized spacial score (nSPS) is 11.8. The van der Waals surface area contributed by atoms with Gasteiger partial charge in [-0.25, -0.2) is 4.39 Å². The number of hydrogen-bond donors (Lipinski definition) is 1. The van der Waals surface area contributed by atoms with Crippen LogP contribution in [0.2, 0.25) is 0 Å². The molecule has 0 fully saturated rings. The first-order valence-electron chi connectivity index (χ1n) is 3.14. The molecule has 0 bridgehead atoms. The smallest absolute Gasteiger partial charge is 0.395 e. The predicted molar refractivity (Wildman–Crippen MR) is 48.5 cm³/mol. The summed E-state index contributed by atoms with van der Waals surface area (Å²) in [4.78, 5) is 0. The molecule has 6 heteroatoms. The Hall–Kier alpha value is -0.530. The van der Waals surface area contributed by atoms with E-state index in [1.165, 1.54) is 22.6 Å². The molecule has 0 unspecified atom stereocenters. The second-order valence-corrected chi connectivity index (χ2v) is 3.40. The van der Waals surface area contributed by atoms with Crippen LogP contribution in [0.4, 0.5) is 23.2 Å². The van der Waals surface area contributed by atoms with Gasteiger partial charge in [-0.1, -0.05) is 0 Å². The highest BCUT2D eigenvalue weighted by atomic mass is 127. The molecular weight excluding hydrogens is 301 g/mol. The fourth-order valence-electron chi connectivity index (χ4n) is 0.788. The van der Waals surface area contributed by atoms with Gasteiger partial charge in [0.1, 0.15) is 5.82 Å². The standard InChI is InChI=1S/C7H4F4IN/c8-4-2-1-3(7(9,10)11)5(12)6(4)13/h1-2H,13H2. The van der Waals surface area contributed by atoms with Crippen molar-refractivity contribution < 1.29 is 17.6 Å². The van der Waals surface area contributed by atoms with E-state index >= 15 is 0 Å². The van der Waals surface area contributed by atoms with Gasteiger partial charge < -0.3 is 5.73 Å². The summed E-state index contributed by atoms with van der Waals surface area (Å²) in [6.45, 7) is 0. The minimum atomic E-state index is -4.49. The molecule has 2 N–H and O–H groups in total. The summed E-state index contributed by atoms with van der Waals surface area (Å²) in [5, 5.41) is 0. The van der Waals surface area contributed by atoms with Crippen LogP contribution in [-0.4, -0.2) is 0 Å². The van der Waals surface area contributed by atoms with E-state index < -0.39 is 23.2 Å². The average Bonchev–Trinajstić information content (AvgIpc) is 1.98. The molecule has 1 rings (SSSR count). The van der Waals surface area contributed by atoms with Crippen molar-refractivity contribution in [2.75, 3.05) is 5.73 Å². The third-order valence-electron chi connectivity index (χ3n) is 1.43. The monoisotopic (exact) mass is 305 g/mol. The van der Waals surface area contributed by atoms with Crippen molar-refractivity contribution in [1.29, 1.82) is 0 Å². The molecule has 0 aliphatic heterocycles. The molecule has 0 atom stereocenters. The van der Waals surface area contributed by atoms with E-state index in [9.17, 15) is 17.6 Å². The van der Waals surface area contributed by atoms with Crippen LogP contribution >= 0.6 is 22.6 Å². The number of halogens is 5. The third-order valence-corrected chi connectivity index (χ3v) is 2.59. The van der Waals surface area contributed by atoms with Crippen molar-refractivity contribution in [3.8, 4) is 0 Å². The Morgan fingerprint density at radius 2 is 1.77 bits per heavy atom. The molecule has 0 aliphatic carbocycles. The van der Waals surface area contributed by atoms with Gasteiger partial charge in [0.25, 0.3) is 0 Å². The van der Waals surface area contributed by atoms with Crippen molar-refractivity contribution in [3.05, 3.63) is 27.1 Å². The highest BCUT2D eigenvalue weighted by Crippen LogP contribution is 2.35. The number of hydrogen-bond acceptors (Lipinski definition) is 1. The lowest BCUT2D eigenvalue weighted by Gasteiger charge is -2.10. The summed E-state index contributed by atoms with van der Waals surface area (Å²) in [6.07, 6.45) is -4.49. The van der Waals surface area contributed by atoms with Crippen LogP contribution < -0.4 is 5.73 Å². The molecule has 13 heavy (non-hydrogen) atoms. The maximum atomic E-state index is 12.7. The lowest BCUT2D eigenvalue weighted by molar-refractivity contribution is -0.138. The van der Waals surface area contributed by atoms with E-state index in [4.69, 9.17) is 5.73 Å². The van der Waals surface area contributed by atoms with Gasteiger partial charge >= 0.3 is 6.18 Å². The quantitative estimate of drug-likeness (QED) is 0.445. The zero-order chi connectivity index (χ0) is 10.2. The molecule has 0 aliphatic rings. The van der Waals surface area contributed by atoms with Gasteiger partial charge in [0.05, 0.1) is 14.8 Å². The Bertz CT molecular complexity index is 334. The van der Waals surface area contributed by atoms with Gasteiger partial charge in [-0.05, 0) is 34.7 Å². The van der Waals surface area contributed by atoms with E-state index in [-0.39, 0.29) is 3.57 Å². The summed E-state index contributed by atoms with van der Waals surface area (Å²) < 4.78 is 48.9. The Morgan fingerprint density at radius 3 is 2.23 bits per heavy atom. The number of nitrogen functional groups attached to an aromatic ring is 1. The molecule has 72 valence electrons. The van der Waals surface area contributed by atoms with Crippen LogP contribution in [0.25, 0.3) is 0 Å². The first kappa shape index (κ1) is 10.6. The fraction of sp³-hybridized carbons (Fsp3) is 0.143. The maximum absolute atomic E-state index is 12.7. The van der Waals surface area contributed by atoms with Crippen molar-refractivity contribution in [2.45, 2.75) is 6.18 Å². The van der Waals surface area contributed by atoms with Crippen LogP contribution in [0, 0.1) is 9.39 Å². The summed E-state index contributed by atoms with van der Waals surface area (Å²) in [5.41, 5.74) is 3.72. The summed E-state index contributed by atoms with van der Waals surface area (Å²) >= 11 is 1.37. The van der Waals surface area contributed by atoms with Crippen LogP contribution in [0.1, 0.15) is 5.56 Å². The lowest BCUT2D eigenvalue weighted by atomic mass is 10.2. The van der Waals surface area contributed by atoms with Crippen molar-refractivity contribution in [2.24, 2.45) is 0 Å². The summed E-state index contributed by atoms with van der Waals surface area (Å²) in [6, 6.07) is 1.38. The highest BCUT2D eigenvalue weighted by molar-refractivity contribution is 14.1. The first-order chi connectivity index (χ1) is 5.84. The average molecular weight is 305 g/mol. The van der Waals surface area contributed by atoms with Gasteiger partial charge in [-0.15, -0.1) is 0 Å². The molecule has 0 aromatic heterocycles. The SMILES string of the molecule is Nc1c(F)ccc(C(F)(F)F)c1I. The van der Waals surface area contributed by atoms with Crippen molar-refractivity contribution >= 4 is 28.3 Å². The minimum absolute atomic E-state index is 0.301. The second kappa shape index (κ2) is 3.32. The Morgan fingerprint density at radius 1 is 1.23 bits per heavy atom. The Labute approximate surface area is 85.1 Å². The zero-order valence-corrected chi connectivity index (χ0v) is 8.28. The van der Waals surface area contributed by atoms with E-state index in [1.54, 1.807) is 0 Å². The maximum Gasteiger partial charge on any atom is 0.417 e. The zero-order valence-electron chi connectivity index (χ0n) is 6.12. The van der Waals surface area contributed by atoms with Crippen molar-refractivity contribution in [3.63, 3.8) is 0 Å². The molecule has 1 nitrogen and oxygen atoms in total. The molecule has 0 spiro atoms. The summed E-state index contributed by atoms with van der Waals surface area (Å²) in [7, 11) is 0. The topological polar surface area (TPSA) is 26.0 Å². The van der Waals surface area contributed by atoms with Gasteiger partial charge in [0.15, 0.2) is 0 Å². The van der Waals surface area contributed by atoms with Gasteiger partial charge in [-0.2, -0.15) is 13.2 Å². The second-order valence-electron chi connectivity index (χ2n) is 2.32. The molecular formula is C7H4F4IN. The molecule has 0 radical (unpaired) electrons. The third kappa shape index (κ3) is 2.04. The van der Waals surface area contributed by atoms with Crippen LogP contribution in [0.5, 0.6) is 0 Å². The van der Waals surface area contributed by atoms with Crippen LogP contribution in [0.3, 0.4) is 0 Å². The first-order valence-corrected chi connectivity index (χ1v) is 4.22.